The van der Waals surface area contributed by atoms with Crippen LogP contribution in [0.25, 0.3) is 11.0 Å². The number of nitrogens with zero attached hydrogens (tertiary/aromatic N) is 3. The van der Waals surface area contributed by atoms with Gasteiger partial charge >= 0.3 is 0 Å². The molecule has 29 heavy (non-hydrogen) atoms. The van der Waals surface area contributed by atoms with E-state index in [0.717, 1.165) is 22.9 Å². The molecule has 4 rings (SSSR count). The Morgan fingerprint density at radius 3 is 2.69 bits per heavy atom. The monoisotopic (exact) mass is 413 g/mol. The van der Waals surface area contributed by atoms with Gasteiger partial charge < -0.3 is 9.47 Å². The van der Waals surface area contributed by atoms with Crippen molar-refractivity contribution in [2.45, 2.75) is 26.0 Å². The van der Waals surface area contributed by atoms with Crippen LogP contribution in [-0.4, -0.2) is 54.2 Å². The SMILES string of the molecule is Cc1ccc2c(c1)ncn2Cc1ccc(C(=O)N2CCC(OS(C)(=O)=O)C2)cc1. The Labute approximate surface area is 170 Å². The predicted octanol–water partition coefficient (Wildman–Crippen LogP) is 2.58. The van der Waals surface area contributed by atoms with Crippen molar-refractivity contribution in [3.63, 3.8) is 0 Å². The highest BCUT2D eigenvalue weighted by atomic mass is 32.2. The van der Waals surface area contributed by atoms with Gasteiger partial charge in [-0.15, -0.1) is 0 Å². The maximum absolute atomic E-state index is 12.7. The molecule has 0 spiro atoms. The number of benzene rings is 2. The van der Waals surface area contributed by atoms with E-state index >= 15 is 0 Å². The maximum Gasteiger partial charge on any atom is 0.264 e. The summed E-state index contributed by atoms with van der Waals surface area (Å²) in [4.78, 5) is 18.8. The molecule has 1 aliphatic heterocycles. The molecule has 0 saturated carbocycles. The lowest BCUT2D eigenvalue weighted by atomic mass is 10.1. The summed E-state index contributed by atoms with van der Waals surface area (Å²) in [6.45, 7) is 3.49. The number of hydrogen-bond acceptors (Lipinski definition) is 5. The van der Waals surface area contributed by atoms with Crippen molar-refractivity contribution in [3.8, 4) is 0 Å². The lowest BCUT2D eigenvalue weighted by Crippen LogP contribution is -2.30. The molecule has 1 aromatic heterocycles. The fraction of sp³-hybridized carbons (Fsp3) is 0.333. The molecule has 8 heteroatoms. The summed E-state index contributed by atoms with van der Waals surface area (Å²) in [5, 5.41) is 0. The fourth-order valence-electron chi connectivity index (χ4n) is 3.67. The Hall–Kier alpha value is -2.71. The topological polar surface area (TPSA) is 81.5 Å². The van der Waals surface area contributed by atoms with Crippen LogP contribution in [0.3, 0.4) is 0 Å². The van der Waals surface area contributed by atoms with E-state index < -0.39 is 16.2 Å². The number of rotatable bonds is 5. The first kappa shape index (κ1) is 19.6. The standard InChI is InChI=1S/C21H23N3O4S/c1-15-3-8-20-19(11-15)22-14-24(20)12-16-4-6-17(7-5-16)21(25)23-10-9-18(13-23)28-29(2,26)27/h3-8,11,14,18H,9-10,12-13H2,1-2H3. The van der Waals surface area contributed by atoms with E-state index in [2.05, 4.69) is 27.8 Å². The van der Waals surface area contributed by atoms with Gasteiger partial charge in [0.15, 0.2) is 0 Å². The average Bonchev–Trinajstić information content (AvgIpc) is 3.27. The molecule has 7 nitrogen and oxygen atoms in total. The van der Waals surface area contributed by atoms with Gasteiger partial charge in [-0.25, -0.2) is 4.98 Å². The van der Waals surface area contributed by atoms with Gasteiger partial charge in [-0.3, -0.25) is 8.98 Å². The van der Waals surface area contributed by atoms with Gasteiger partial charge in [0.2, 0.25) is 0 Å². The minimum atomic E-state index is -3.52. The summed E-state index contributed by atoms with van der Waals surface area (Å²) in [5.41, 5.74) is 4.87. The van der Waals surface area contributed by atoms with Crippen LogP contribution in [0.5, 0.6) is 0 Å². The maximum atomic E-state index is 12.7. The fourth-order valence-corrected chi connectivity index (χ4v) is 4.32. The second-order valence-corrected chi connectivity index (χ2v) is 9.12. The minimum absolute atomic E-state index is 0.111. The van der Waals surface area contributed by atoms with Crippen LogP contribution in [0.4, 0.5) is 0 Å². The number of imidazole rings is 1. The van der Waals surface area contributed by atoms with Crippen molar-refractivity contribution < 1.29 is 17.4 Å². The van der Waals surface area contributed by atoms with Crippen LogP contribution < -0.4 is 0 Å². The molecular weight excluding hydrogens is 390 g/mol. The number of carbonyl (C=O) groups excluding carboxylic acids is 1. The molecule has 0 radical (unpaired) electrons. The third-order valence-corrected chi connectivity index (χ3v) is 5.70. The van der Waals surface area contributed by atoms with Crippen LogP contribution in [0.15, 0.2) is 48.8 Å². The first-order valence-electron chi connectivity index (χ1n) is 9.46. The zero-order valence-corrected chi connectivity index (χ0v) is 17.2. The van der Waals surface area contributed by atoms with Crippen LogP contribution in [0.1, 0.15) is 27.9 Å². The molecule has 0 N–H and O–H groups in total. The van der Waals surface area contributed by atoms with E-state index in [-0.39, 0.29) is 12.5 Å². The second kappa shape index (κ2) is 7.61. The lowest BCUT2D eigenvalue weighted by molar-refractivity contribution is 0.0773. The molecule has 0 bridgehead atoms. The van der Waals surface area contributed by atoms with Gasteiger partial charge in [0.1, 0.15) is 0 Å². The Morgan fingerprint density at radius 2 is 1.97 bits per heavy atom. The largest absolute Gasteiger partial charge is 0.336 e. The van der Waals surface area contributed by atoms with Gasteiger partial charge in [0, 0.05) is 25.2 Å². The molecule has 3 aromatic rings. The molecule has 1 saturated heterocycles. The van der Waals surface area contributed by atoms with Crippen molar-refractivity contribution in [3.05, 3.63) is 65.5 Å². The van der Waals surface area contributed by atoms with E-state index in [9.17, 15) is 13.2 Å². The van der Waals surface area contributed by atoms with Crippen molar-refractivity contribution in [2.75, 3.05) is 19.3 Å². The molecule has 152 valence electrons. The number of likely N-dealkylation sites (tertiary alicyclic amines) is 1. The third kappa shape index (κ3) is 4.49. The molecule has 1 fully saturated rings. The summed E-state index contributed by atoms with van der Waals surface area (Å²) < 4.78 is 29.6. The summed E-state index contributed by atoms with van der Waals surface area (Å²) in [7, 11) is -3.52. The van der Waals surface area contributed by atoms with Crippen molar-refractivity contribution >= 4 is 27.1 Å². The smallest absolute Gasteiger partial charge is 0.264 e. The second-order valence-electron chi connectivity index (χ2n) is 7.52. The highest BCUT2D eigenvalue weighted by Crippen LogP contribution is 2.19. The van der Waals surface area contributed by atoms with Gasteiger partial charge in [-0.1, -0.05) is 18.2 Å². The lowest BCUT2D eigenvalue weighted by Gasteiger charge is -2.16. The number of aryl methyl sites for hydroxylation is 1. The van der Waals surface area contributed by atoms with Crippen LogP contribution in [0, 0.1) is 6.92 Å². The van der Waals surface area contributed by atoms with Gasteiger partial charge in [0.05, 0.1) is 29.7 Å². The van der Waals surface area contributed by atoms with Crippen molar-refractivity contribution in [1.29, 1.82) is 0 Å². The first-order chi connectivity index (χ1) is 13.8. The average molecular weight is 413 g/mol. The molecule has 2 aromatic carbocycles. The first-order valence-corrected chi connectivity index (χ1v) is 11.3. The number of amides is 1. The molecule has 1 atom stereocenters. The predicted molar refractivity (Wildman–Crippen MR) is 110 cm³/mol. The van der Waals surface area contributed by atoms with E-state index in [4.69, 9.17) is 4.18 Å². The van der Waals surface area contributed by atoms with E-state index in [1.807, 2.05) is 37.5 Å². The van der Waals surface area contributed by atoms with E-state index in [1.165, 1.54) is 5.56 Å². The highest BCUT2D eigenvalue weighted by molar-refractivity contribution is 7.86. The molecule has 1 unspecified atom stereocenters. The minimum Gasteiger partial charge on any atom is -0.336 e. The summed E-state index contributed by atoms with van der Waals surface area (Å²) >= 11 is 0. The Kier molecular flexibility index (Phi) is 5.14. The van der Waals surface area contributed by atoms with Gasteiger partial charge in [-0.2, -0.15) is 8.42 Å². The Bertz CT molecular complexity index is 1150. The Morgan fingerprint density at radius 1 is 1.21 bits per heavy atom. The Balaban J connectivity index is 1.43. The number of carbonyl (C=O) groups is 1. The molecule has 0 aliphatic carbocycles. The number of fused-ring (bicyclic) bond motifs is 1. The molecule has 2 heterocycles. The zero-order valence-electron chi connectivity index (χ0n) is 16.4. The summed E-state index contributed by atoms with van der Waals surface area (Å²) in [6.07, 6.45) is 2.91. The van der Waals surface area contributed by atoms with Crippen LogP contribution >= 0.6 is 0 Å². The normalized spacial score (nSPS) is 17.2. The molecule has 1 amide bonds. The molecule has 1 aliphatic rings. The van der Waals surface area contributed by atoms with Crippen LogP contribution in [-0.2, 0) is 20.8 Å². The van der Waals surface area contributed by atoms with Gasteiger partial charge in [-0.05, 0) is 48.7 Å². The quantitative estimate of drug-likeness (QED) is 0.601. The van der Waals surface area contributed by atoms with Crippen LogP contribution in [0.2, 0.25) is 0 Å². The highest BCUT2D eigenvalue weighted by Gasteiger charge is 2.29. The van der Waals surface area contributed by atoms with E-state index in [1.54, 1.807) is 4.90 Å². The summed E-state index contributed by atoms with van der Waals surface area (Å²) in [5.74, 6) is -0.111. The van der Waals surface area contributed by atoms with Gasteiger partial charge in [0.25, 0.3) is 16.0 Å². The summed E-state index contributed by atoms with van der Waals surface area (Å²) in [6, 6.07) is 13.7. The number of hydrogen-bond donors (Lipinski definition) is 0. The third-order valence-electron chi connectivity index (χ3n) is 5.07. The van der Waals surface area contributed by atoms with E-state index in [0.29, 0.717) is 25.1 Å². The number of aromatic nitrogens is 2. The molecular formula is C21H23N3O4S. The van der Waals surface area contributed by atoms with Crippen molar-refractivity contribution in [1.82, 2.24) is 14.5 Å². The van der Waals surface area contributed by atoms with Crippen molar-refractivity contribution in [2.24, 2.45) is 0 Å². The zero-order chi connectivity index (χ0) is 20.6.